The number of nitrogens with zero attached hydrogens (tertiary/aromatic N) is 4. The molecule has 2 heterocycles. The number of carbonyl (C=O) groups is 1. The van der Waals surface area contributed by atoms with Crippen molar-refractivity contribution in [2.45, 2.75) is 46.3 Å². The van der Waals surface area contributed by atoms with E-state index in [0.717, 1.165) is 49.6 Å². The quantitative estimate of drug-likeness (QED) is 0.382. The van der Waals surface area contributed by atoms with Gasteiger partial charge < -0.3 is 14.6 Å². The Morgan fingerprint density at radius 2 is 2.19 bits per heavy atom. The summed E-state index contributed by atoms with van der Waals surface area (Å²) in [5.41, 5.74) is 0. The van der Waals surface area contributed by atoms with Crippen molar-refractivity contribution < 1.29 is 9.53 Å². The second kappa shape index (κ2) is 10.6. The molecule has 8 heteroatoms. The van der Waals surface area contributed by atoms with Crippen LogP contribution in [0.4, 0.5) is 0 Å². The third-order valence-corrected chi connectivity index (χ3v) is 5.11. The summed E-state index contributed by atoms with van der Waals surface area (Å²) < 4.78 is 9.84. The van der Waals surface area contributed by atoms with E-state index in [1.54, 1.807) is 0 Å². The van der Waals surface area contributed by atoms with Crippen LogP contribution in [0.2, 0.25) is 0 Å². The molecule has 0 radical (unpaired) electrons. The lowest BCUT2D eigenvalue weighted by atomic mass is 9.96. The molecule has 0 aromatic carbocycles. The highest BCUT2D eigenvalue weighted by molar-refractivity contribution is 7.71. The number of amides is 1. The van der Waals surface area contributed by atoms with Gasteiger partial charge in [-0.15, -0.1) is 6.58 Å². The van der Waals surface area contributed by atoms with E-state index in [0.29, 0.717) is 26.4 Å². The SMILES string of the molecule is C=CCn1c(C)nn(CN2CCC(C(=O)NCCCOCC)CC2)c1=S. The van der Waals surface area contributed by atoms with Crippen molar-refractivity contribution in [3.63, 3.8) is 0 Å². The van der Waals surface area contributed by atoms with E-state index < -0.39 is 0 Å². The second-order valence-corrected chi connectivity index (χ2v) is 6.97. The van der Waals surface area contributed by atoms with Gasteiger partial charge in [-0.1, -0.05) is 6.08 Å². The molecule has 2 rings (SSSR count). The Hall–Kier alpha value is -1.51. The molecule has 0 unspecified atom stereocenters. The number of hydrogen-bond acceptors (Lipinski definition) is 5. The number of allylic oxidation sites excluding steroid dienone is 1. The van der Waals surface area contributed by atoms with Crippen molar-refractivity contribution in [2.24, 2.45) is 5.92 Å². The van der Waals surface area contributed by atoms with Gasteiger partial charge in [0.2, 0.25) is 5.91 Å². The average Bonchev–Trinajstić information content (AvgIpc) is 2.90. The predicted octanol–water partition coefficient (Wildman–Crippen LogP) is 2.12. The van der Waals surface area contributed by atoms with Gasteiger partial charge >= 0.3 is 0 Å². The minimum atomic E-state index is 0.103. The Labute approximate surface area is 161 Å². The van der Waals surface area contributed by atoms with Crippen LogP contribution in [0.1, 0.15) is 32.0 Å². The summed E-state index contributed by atoms with van der Waals surface area (Å²) >= 11 is 5.50. The zero-order valence-electron chi connectivity index (χ0n) is 15.9. The zero-order chi connectivity index (χ0) is 18.9. The minimum absolute atomic E-state index is 0.103. The number of aryl methyl sites for hydroxylation is 1. The van der Waals surface area contributed by atoms with E-state index in [-0.39, 0.29) is 11.8 Å². The molecule has 1 aliphatic heterocycles. The standard InChI is InChI=1S/C18H31N5O2S/c1-4-10-22-15(3)20-23(18(22)26)14-21-11-7-16(8-12-21)17(24)19-9-6-13-25-5-2/h4,16H,1,5-14H2,2-3H3,(H,19,24). The van der Waals surface area contributed by atoms with Crippen molar-refractivity contribution in [1.29, 1.82) is 0 Å². The molecule has 146 valence electrons. The van der Waals surface area contributed by atoms with Gasteiger partial charge in [-0.2, -0.15) is 5.10 Å². The normalized spacial score (nSPS) is 15.9. The minimum Gasteiger partial charge on any atom is -0.382 e. The van der Waals surface area contributed by atoms with Crippen molar-refractivity contribution in [1.82, 2.24) is 24.6 Å². The van der Waals surface area contributed by atoms with Crippen LogP contribution in [0.3, 0.4) is 0 Å². The Kier molecular flexibility index (Phi) is 8.47. The maximum atomic E-state index is 12.3. The largest absolute Gasteiger partial charge is 0.382 e. The van der Waals surface area contributed by atoms with Gasteiger partial charge in [-0.25, -0.2) is 4.68 Å². The van der Waals surface area contributed by atoms with Crippen LogP contribution in [0, 0.1) is 17.6 Å². The highest BCUT2D eigenvalue weighted by Crippen LogP contribution is 2.18. The van der Waals surface area contributed by atoms with Crippen molar-refractivity contribution in [3.05, 3.63) is 23.3 Å². The van der Waals surface area contributed by atoms with E-state index >= 15 is 0 Å². The molecule has 0 spiro atoms. The van der Waals surface area contributed by atoms with Crippen LogP contribution >= 0.6 is 12.2 Å². The van der Waals surface area contributed by atoms with E-state index in [4.69, 9.17) is 17.0 Å². The first-order chi connectivity index (χ1) is 12.6. The van der Waals surface area contributed by atoms with Gasteiger partial charge in [0.05, 0.1) is 6.67 Å². The predicted molar refractivity (Wildman–Crippen MR) is 104 cm³/mol. The molecule has 0 aliphatic carbocycles. The van der Waals surface area contributed by atoms with Crippen LogP contribution in [0.5, 0.6) is 0 Å². The molecule has 1 fully saturated rings. The van der Waals surface area contributed by atoms with Gasteiger partial charge in [-0.3, -0.25) is 9.69 Å². The third-order valence-electron chi connectivity index (χ3n) is 4.68. The van der Waals surface area contributed by atoms with E-state index in [9.17, 15) is 4.79 Å². The number of nitrogens with one attached hydrogen (secondary N) is 1. The van der Waals surface area contributed by atoms with Crippen molar-refractivity contribution >= 4 is 18.1 Å². The van der Waals surface area contributed by atoms with Crippen LogP contribution in [-0.2, 0) is 22.7 Å². The summed E-state index contributed by atoms with van der Waals surface area (Å²) in [6.07, 6.45) is 4.44. The average molecular weight is 382 g/mol. The fraction of sp³-hybridized carbons (Fsp3) is 0.722. The number of rotatable bonds is 10. The summed E-state index contributed by atoms with van der Waals surface area (Å²) in [6, 6.07) is 0. The van der Waals surface area contributed by atoms with Crippen molar-refractivity contribution in [3.8, 4) is 0 Å². The van der Waals surface area contributed by atoms with Gasteiger partial charge in [0.25, 0.3) is 0 Å². The van der Waals surface area contributed by atoms with Crippen molar-refractivity contribution in [2.75, 3.05) is 32.8 Å². The molecule has 0 saturated carbocycles. The molecule has 7 nitrogen and oxygen atoms in total. The molecular formula is C18H31N5O2S. The first-order valence-corrected chi connectivity index (χ1v) is 9.80. The molecule has 0 bridgehead atoms. The number of hydrogen-bond donors (Lipinski definition) is 1. The summed E-state index contributed by atoms with van der Waals surface area (Å²) in [6.45, 7) is 12.9. The molecule has 1 amide bonds. The highest BCUT2D eigenvalue weighted by Gasteiger charge is 2.25. The van der Waals surface area contributed by atoms with Crippen LogP contribution < -0.4 is 5.32 Å². The van der Waals surface area contributed by atoms with E-state index in [1.165, 1.54) is 0 Å². The van der Waals surface area contributed by atoms with Crippen LogP contribution in [-0.4, -0.2) is 58.0 Å². The molecule has 1 saturated heterocycles. The number of piperidine rings is 1. The molecule has 1 aliphatic rings. The van der Waals surface area contributed by atoms with Gasteiger partial charge in [0.15, 0.2) is 4.77 Å². The summed E-state index contributed by atoms with van der Waals surface area (Å²) in [5, 5.41) is 7.56. The maximum Gasteiger partial charge on any atom is 0.223 e. The molecule has 1 aromatic rings. The summed E-state index contributed by atoms with van der Waals surface area (Å²) in [7, 11) is 0. The topological polar surface area (TPSA) is 64.3 Å². The second-order valence-electron chi connectivity index (χ2n) is 6.60. The summed E-state index contributed by atoms with van der Waals surface area (Å²) in [4.78, 5) is 14.6. The monoisotopic (exact) mass is 381 g/mol. The maximum absolute atomic E-state index is 12.3. The Morgan fingerprint density at radius 1 is 1.46 bits per heavy atom. The fourth-order valence-electron chi connectivity index (χ4n) is 3.18. The lowest BCUT2D eigenvalue weighted by Crippen LogP contribution is -2.41. The van der Waals surface area contributed by atoms with Gasteiger partial charge in [0.1, 0.15) is 5.82 Å². The van der Waals surface area contributed by atoms with Gasteiger partial charge in [-0.05, 0) is 45.3 Å². The zero-order valence-corrected chi connectivity index (χ0v) is 16.8. The van der Waals surface area contributed by atoms with Crippen LogP contribution in [0.25, 0.3) is 0 Å². The molecule has 26 heavy (non-hydrogen) atoms. The Morgan fingerprint density at radius 3 is 2.85 bits per heavy atom. The number of aromatic nitrogens is 3. The fourth-order valence-corrected chi connectivity index (χ4v) is 3.49. The van der Waals surface area contributed by atoms with Crippen LogP contribution in [0.15, 0.2) is 12.7 Å². The molecule has 0 atom stereocenters. The number of likely N-dealkylation sites (tertiary alicyclic amines) is 1. The Bertz CT molecular complexity index is 646. The number of carbonyl (C=O) groups excluding carboxylic acids is 1. The lowest BCUT2D eigenvalue weighted by Gasteiger charge is -2.30. The molecule has 1 aromatic heterocycles. The van der Waals surface area contributed by atoms with E-state index in [1.807, 2.05) is 29.2 Å². The highest BCUT2D eigenvalue weighted by atomic mass is 32.1. The van der Waals surface area contributed by atoms with Gasteiger partial charge in [0, 0.05) is 45.3 Å². The first kappa shape index (κ1) is 20.8. The first-order valence-electron chi connectivity index (χ1n) is 9.39. The molecule has 1 N–H and O–H groups in total. The lowest BCUT2D eigenvalue weighted by molar-refractivity contribution is -0.126. The summed E-state index contributed by atoms with van der Waals surface area (Å²) in [5.74, 6) is 1.17. The van der Waals surface area contributed by atoms with E-state index in [2.05, 4.69) is 21.9 Å². The smallest absolute Gasteiger partial charge is 0.223 e. The Balaban J connectivity index is 1.76. The third kappa shape index (κ3) is 5.75. The number of ether oxygens (including phenoxy) is 1. The molecular weight excluding hydrogens is 350 g/mol.